The number of hydrogen-bond donors (Lipinski definition) is 1. The fourth-order valence-corrected chi connectivity index (χ4v) is 1.69. The van der Waals surface area contributed by atoms with Crippen molar-refractivity contribution in [2.45, 2.75) is 26.2 Å². The first-order chi connectivity index (χ1) is 5.83. The molecular formula is C9H16N2O. The van der Waals surface area contributed by atoms with Gasteiger partial charge >= 0.3 is 0 Å². The summed E-state index contributed by atoms with van der Waals surface area (Å²) in [5, 5.41) is 11.2. The van der Waals surface area contributed by atoms with Gasteiger partial charge in [-0.25, -0.2) is 0 Å². The van der Waals surface area contributed by atoms with Crippen molar-refractivity contribution in [3.63, 3.8) is 0 Å². The number of rotatable bonds is 3. The van der Waals surface area contributed by atoms with Gasteiger partial charge < -0.3 is 10.1 Å². The summed E-state index contributed by atoms with van der Waals surface area (Å²) in [6.45, 7) is 4.69. The molecule has 0 unspecified atom stereocenters. The predicted molar refractivity (Wildman–Crippen MR) is 46.4 cm³/mol. The zero-order chi connectivity index (χ0) is 8.86. The molecule has 0 spiro atoms. The smallest absolute Gasteiger partial charge is 0.176 e. The lowest BCUT2D eigenvalue weighted by Gasteiger charge is -2.35. The topological polar surface area (TPSA) is 45.0 Å². The molecule has 0 saturated carbocycles. The van der Waals surface area contributed by atoms with Crippen LogP contribution in [0.25, 0.3) is 0 Å². The number of hydrogen-bond acceptors (Lipinski definition) is 3. The van der Waals surface area contributed by atoms with Crippen LogP contribution in [-0.2, 0) is 4.74 Å². The summed E-state index contributed by atoms with van der Waals surface area (Å²) in [7, 11) is 0. The third-order valence-electron chi connectivity index (χ3n) is 2.85. The van der Waals surface area contributed by atoms with Crippen LogP contribution in [0.5, 0.6) is 0 Å². The van der Waals surface area contributed by atoms with Crippen molar-refractivity contribution in [1.82, 2.24) is 5.32 Å². The summed E-state index contributed by atoms with van der Waals surface area (Å²) in [6, 6.07) is 0. The average molecular weight is 168 g/mol. The van der Waals surface area contributed by atoms with Gasteiger partial charge in [0.2, 0.25) is 0 Å². The van der Waals surface area contributed by atoms with Crippen LogP contribution < -0.4 is 5.32 Å². The molecule has 3 heteroatoms. The maximum Gasteiger partial charge on any atom is 0.176 e. The number of ether oxygens (including phenoxy) is 1. The van der Waals surface area contributed by atoms with E-state index in [0.717, 1.165) is 39.0 Å². The first-order valence-corrected chi connectivity index (χ1v) is 4.53. The van der Waals surface area contributed by atoms with Crippen molar-refractivity contribution in [2.24, 2.45) is 5.41 Å². The molecule has 1 N–H and O–H groups in total. The van der Waals surface area contributed by atoms with E-state index in [1.54, 1.807) is 0 Å². The molecule has 12 heavy (non-hydrogen) atoms. The maximum atomic E-state index is 8.41. The molecule has 0 aromatic rings. The Hall–Kier alpha value is -0.750. The summed E-state index contributed by atoms with van der Waals surface area (Å²) < 4.78 is 5.30. The van der Waals surface area contributed by atoms with Crippen LogP contribution in [0.3, 0.4) is 0 Å². The highest BCUT2D eigenvalue weighted by atomic mass is 16.5. The molecule has 1 aliphatic heterocycles. The number of nitrogens with zero attached hydrogens (tertiary/aromatic N) is 1. The summed E-state index contributed by atoms with van der Waals surface area (Å²) >= 11 is 0. The molecule has 1 fully saturated rings. The van der Waals surface area contributed by atoms with E-state index in [9.17, 15) is 0 Å². The van der Waals surface area contributed by atoms with Crippen molar-refractivity contribution < 1.29 is 4.74 Å². The molecule has 0 bridgehead atoms. The first-order valence-electron chi connectivity index (χ1n) is 4.53. The van der Waals surface area contributed by atoms with E-state index in [-0.39, 0.29) is 0 Å². The standard InChI is InChI=1S/C9H16N2O/c1-2-9(7-11-8-10)3-5-12-6-4-9/h11H,2-7H2,1H3. The molecule has 1 rings (SSSR count). The fraction of sp³-hybridized carbons (Fsp3) is 0.889. The summed E-state index contributed by atoms with van der Waals surface area (Å²) in [5.74, 6) is 0. The molecular weight excluding hydrogens is 152 g/mol. The third kappa shape index (κ3) is 2.12. The second kappa shape index (κ2) is 4.32. The Morgan fingerprint density at radius 3 is 2.67 bits per heavy atom. The van der Waals surface area contributed by atoms with Gasteiger partial charge in [0.05, 0.1) is 0 Å². The minimum Gasteiger partial charge on any atom is -0.381 e. The van der Waals surface area contributed by atoms with E-state index >= 15 is 0 Å². The molecule has 1 aliphatic rings. The van der Waals surface area contributed by atoms with Crippen LogP contribution >= 0.6 is 0 Å². The molecule has 1 heterocycles. The highest BCUT2D eigenvalue weighted by molar-refractivity contribution is 4.85. The Morgan fingerprint density at radius 2 is 2.17 bits per heavy atom. The van der Waals surface area contributed by atoms with E-state index in [4.69, 9.17) is 10.00 Å². The lowest BCUT2D eigenvalue weighted by atomic mass is 9.78. The third-order valence-corrected chi connectivity index (χ3v) is 2.85. The first kappa shape index (κ1) is 9.34. The molecule has 0 aromatic carbocycles. The van der Waals surface area contributed by atoms with Crippen LogP contribution in [-0.4, -0.2) is 19.8 Å². The molecule has 68 valence electrons. The van der Waals surface area contributed by atoms with Gasteiger partial charge in [0.1, 0.15) is 0 Å². The molecule has 0 amide bonds. The molecule has 0 radical (unpaired) electrons. The molecule has 3 nitrogen and oxygen atoms in total. The van der Waals surface area contributed by atoms with Gasteiger partial charge in [0.25, 0.3) is 0 Å². The van der Waals surface area contributed by atoms with Gasteiger partial charge in [-0.2, -0.15) is 5.26 Å². The SMILES string of the molecule is CCC1(CNC#N)CCOCC1. The zero-order valence-electron chi connectivity index (χ0n) is 7.60. The van der Waals surface area contributed by atoms with Crippen LogP contribution in [0, 0.1) is 16.9 Å². The monoisotopic (exact) mass is 168 g/mol. The molecule has 0 aliphatic carbocycles. The average Bonchev–Trinajstić information content (AvgIpc) is 2.16. The molecule has 1 saturated heterocycles. The van der Waals surface area contributed by atoms with E-state index in [0.29, 0.717) is 5.41 Å². The van der Waals surface area contributed by atoms with Crippen molar-refractivity contribution in [2.75, 3.05) is 19.8 Å². The molecule has 0 atom stereocenters. The Balaban J connectivity index is 2.43. The Labute approximate surface area is 73.7 Å². The van der Waals surface area contributed by atoms with Crippen molar-refractivity contribution in [3.05, 3.63) is 0 Å². The second-order valence-corrected chi connectivity index (χ2v) is 3.43. The quantitative estimate of drug-likeness (QED) is 0.509. The minimum atomic E-state index is 0.313. The number of nitrogens with one attached hydrogen (secondary N) is 1. The van der Waals surface area contributed by atoms with E-state index in [2.05, 4.69) is 12.2 Å². The van der Waals surface area contributed by atoms with Gasteiger partial charge in [-0.1, -0.05) is 6.92 Å². The van der Waals surface area contributed by atoms with Crippen molar-refractivity contribution in [3.8, 4) is 6.19 Å². The fourth-order valence-electron chi connectivity index (χ4n) is 1.69. The molecule has 0 aromatic heterocycles. The van der Waals surface area contributed by atoms with Gasteiger partial charge in [-0.15, -0.1) is 0 Å². The minimum absolute atomic E-state index is 0.313. The summed E-state index contributed by atoms with van der Waals surface area (Å²) in [5.41, 5.74) is 0.313. The second-order valence-electron chi connectivity index (χ2n) is 3.43. The normalized spacial score (nSPS) is 21.3. The highest BCUT2D eigenvalue weighted by Crippen LogP contribution is 2.32. The zero-order valence-corrected chi connectivity index (χ0v) is 7.60. The highest BCUT2D eigenvalue weighted by Gasteiger charge is 2.30. The summed E-state index contributed by atoms with van der Waals surface area (Å²) in [4.78, 5) is 0. The van der Waals surface area contributed by atoms with Crippen LogP contribution in [0.15, 0.2) is 0 Å². The predicted octanol–water partition coefficient (Wildman–Crippen LogP) is 1.26. The largest absolute Gasteiger partial charge is 0.381 e. The lowest BCUT2D eigenvalue weighted by molar-refractivity contribution is 0.0146. The van der Waals surface area contributed by atoms with Crippen LogP contribution in [0.1, 0.15) is 26.2 Å². The van der Waals surface area contributed by atoms with Crippen molar-refractivity contribution in [1.29, 1.82) is 5.26 Å². The number of nitriles is 1. The van der Waals surface area contributed by atoms with E-state index < -0.39 is 0 Å². The van der Waals surface area contributed by atoms with Gasteiger partial charge in [-0.05, 0) is 24.7 Å². The van der Waals surface area contributed by atoms with Crippen molar-refractivity contribution >= 4 is 0 Å². The van der Waals surface area contributed by atoms with Gasteiger partial charge in [-0.3, -0.25) is 0 Å². The lowest BCUT2D eigenvalue weighted by Crippen LogP contribution is -2.37. The van der Waals surface area contributed by atoms with Gasteiger partial charge in [0, 0.05) is 19.8 Å². The maximum absolute atomic E-state index is 8.41. The van der Waals surface area contributed by atoms with E-state index in [1.807, 2.05) is 6.19 Å². The Morgan fingerprint density at radius 1 is 1.50 bits per heavy atom. The Bertz CT molecular complexity index is 168. The van der Waals surface area contributed by atoms with Gasteiger partial charge in [0.15, 0.2) is 6.19 Å². The summed E-state index contributed by atoms with van der Waals surface area (Å²) in [6.07, 6.45) is 5.28. The van der Waals surface area contributed by atoms with Crippen LogP contribution in [0.2, 0.25) is 0 Å². The Kier molecular flexibility index (Phi) is 3.36. The van der Waals surface area contributed by atoms with Crippen LogP contribution in [0.4, 0.5) is 0 Å². The van der Waals surface area contributed by atoms with E-state index in [1.165, 1.54) is 0 Å².